The van der Waals surface area contributed by atoms with Gasteiger partial charge in [0, 0.05) is 47.7 Å². The van der Waals surface area contributed by atoms with Gasteiger partial charge in [-0.25, -0.2) is 18.0 Å². The highest BCUT2D eigenvalue weighted by Gasteiger charge is 2.47. The van der Waals surface area contributed by atoms with Crippen molar-refractivity contribution in [1.82, 2.24) is 0 Å². The van der Waals surface area contributed by atoms with E-state index in [0.717, 1.165) is 29.1 Å². The summed E-state index contributed by atoms with van der Waals surface area (Å²) in [6.07, 6.45) is 6.76. The predicted molar refractivity (Wildman–Crippen MR) is 157 cm³/mol. The minimum absolute atomic E-state index is 0.0929. The number of benzene rings is 2. The maximum atomic E-state index is 12.1. The molecular weight excluding hydrogens is 544 g/mol. The molecule has 41 heavy (non-hydrogen) atoms. The van der Waals surface area contributed by atoms with Crippen LogP contribution >= 0.6 is 0 Å². The van der Waals surface area contributed by atoms with E-state index in [-0.39, 0.29) is 24.1 Å². The van der Waals surface area contributed by atoms with Gasteiger partial charge >= 0.3 is 11.9 Å². The Balaban J connectivity index is 1.81. The Morgan fingerprint density at radius 1 is 1.05 bits per heavy atom. The first-order valence-electron chi connectivity index (χ1n) is 13.6. The molecular formula is C31H36N2O7S. The fraction of sp³-hybridized carbons (Fsp3) is 0.387. The van der Waals surface area contributed by atoms with Crippen molar-refractivity contribution in [3.05, 3.63) is 82.6 Å². The Morgan fingerprint density at radius 3 is 2.37 bits per heavy atom. The van der Waals surface area contributed by atoms with Crippen molar-refractivity contribution in [3.63, 3.8) is 0 Å². The summed E-state index contributed by atoms with van der Waals surface area (Å²) in [5.41, 5.74) is 4.26. The lowest BCUT2D eigenvalue weighted by Gasteiger charge is -2.26. The summed E-state index contributed by atoms with van der Waals surface area (Å²) in [5.74, 6) is -2.55. The lowest BCUT2D eigenvalue weighted by atomic mass is 9.79. The van der Waals surface area contributed by atoms with Gasteiger partial charge in [0.2, 0.25) is 5.69 Å². The summed E-state index contributed by atoms with van der Waals surface area (Å²) in [5, 5.41) is 19.5. The van der Waals surface area contributed by atoms with Gasteiger partial charge in [0.25, 0.3) is 0 Å². The number of fused-ring (bicyclic) bond motifs is 2. The predicted octanol–water partition coefficient (Wildman–Crippen LogP) is 5.04. The summed E-state index contributed by atoms with van der Waals surface area (Å²) < 4.78 is 35.8. The molecule has 218 valence electrons. The smallest absolute Gasteiger partial charge is 0.336 e. The van der Waals surface area contributed by atoms with Crippen molar-refractivity contribution < 1.29 is 37.3 Å². The number of hydrogen-bond donors (Lipinski definition) is 2. The van der Waals surface area contributed by atoms with E-state index < -0.39 is 38.6 Å². The number of carboxylic acids is 2. The van der Waals surface area contributed by atoms with Crippen LogP contribution in [0.5, 0.6) is 0 Å². The maximum Gasteiger partial charge on any atom is 0.336 e. The van der Waals surface area contributed by atoms with E-state index in [1.807, 2.05) is 48.8 Å². The molecule has 2 heterocycles. The molecule has 10 heteroatoms. The molecule has 0 aromatic heterocycles. The highest BCUT2D eigenvalue weighted by Crippen LogP contribution is 2.48. The standard InChI is InChI=1S/C31H36N2O7S/c1-6-16-32-24-19-20(28(34)35)14-15-22(24)30(2,3)25(32)12-8-13-26-31(4,5)27-21(29(36)37)10-7-11-23(27)33(26)17-9-18-41(38,39)40/h7-8,10-15,19H,6,9,16-18H2,1-5H3,(H2-,34,35,36,37,38,39,40). The molecule has 2 aromatic carbocycles. The van der Waals surface area contributed by atoms with Crippen LogP contribution in [0.4, 0.5) is 11.4 Å². The number of hydrogen-bond acceptors (Lipinski definition) is 6. The molecule has 0 amide bonds. The second-order valence-electron chi connectivity index (χ2n) is 11.5. The number of carboxylic acid groups (broad SMARTS) is 2. The molecule has 4 rings (SSSR count). The van der Waals surface area contributed by atoms with Crippen molar-refractivity contribution in [1.29, 1.82) is 0 Å². The van der Waals surface area contributed by atoms with Crippen molar-refractivity contribution in [2.45, 2.75) is 58.3 Å². The third-order valence-corrected chi connectivity index (χ3v) is 8.78. The van der Waals surface area contributed by atoms with Crippen molar-refractivity contribution >= 4 is 39.1 Å². The summed E-state index contributed by atoms with van der Waals surface area (Å²) in [7, 11) is -4.40. The maximum absolute atomic E-state index is 12.1. The van der Waals surface area contributed by atoms with E-state index in [1.54, 1.807) is 24.3 Å². The van der Waals surface area contributed by atoms with Crippen LogP contribution < -0.4 is 4.90 Å². The SMILES string of the molecule is CCCN1/C(=C/C=C/C2=[N+](CCCS(=O)(=O)[O-])c3cccc(C(=O)O)c3C2(C)C)C(C)(C)c2ccc(C(=O)O)cc21. The number of allylic oxidation sites excluding steroid dienone is 4. The van der Waals surface area contributed by atoms with Crippen LogP contribution in [0.1, 0.15) is 79.3 Å². The van der Waals surface area contributed by atoms with E-state index in [1.165, 1.54) is 0 Å². The molecule has 0 saturated carbocycles. The number of aromatic carboxylic acids is 2. The minimum atomic E-state index is -4.40. The Morgan fingerprint density at radius 2 is 1.76 bits per heavy atom. The normalized spacial score (nSPS) is 18.3. The molecule has 0 spiro atoms. The Kier molecular flexibility index (Phi) is 8.03. The lowest BCUT2D eigenvalue weighted by Crippen LogP contribution is -2.29. The summed E-state index contributed by atoms with van der Waals surface area (Å²) in [4.78, 5) is 25.9. The van der Waals surface area contributed by atoms with Gasteiger partial charge in [-0.3, -0.25) is 0 Å². The van der Waals surface area contributed by atoms with Gasteiger partial charge in [-0.05, 0) is 50.1 Å². The second-order valence-corrected chi connectivity index (χ2v) is 13.0. The zero-order valence-electron chi connectivity index (χ0n) is 24.0. The van der Waals surface area contributed by atoms with Crippen molar-refractivity contribution in [3.8, 4) is 0 Å². The van der Waals surface area contributed by atoms with Gasteiger partial charge in [0.05, 0.1) is 32.2 Å². The molecule has 2 aromatic rings. The summed E-state index contributed by atoms with van der Waals surface area (Å²) in [6, 6.07) is 10.2. The minimum Gasteiger partial charge on any atom is -0.748 e. The van der Waals surface area contributed by atoms with E-state index >= 15 is 0 Å². The number of anilines is 1. The highest BCUT2D eigenvalue weighted by atomic mass is 32.2. The van der Waals surface area contributed by atoms with Gasteiger partial charge in [-0.2, -0.15) is 4.58 Å². The van der Waals surface area contributed by atoms with Crippen LogP contribution in [0.2, 0.25) is 0 Å². The molecule has 2 aliphatic rings. The molecule has 2 aliphatic heterocycles. The van der Waals surface area contributed by atoms with Gasteiger partial charge in [0.1, 0.15) is 6.54 Å². The third-order valence-electron chi connectivity index (χ3n) is 7.99. The Labute approximate surface area is 240 Å². The summed E-state index contributed by atoms with van der Waals surface area (Å²) in [6.45, 7) is 11.0. The van der Waals surface area contributed by atoms with Crippen LogP contribution in [0.15, 0.2) is 60.3 Å². The van der Waals surface area contributed by atoms with Gasteiger partial charge in [-0.15, -0.1) is 0 Å². The zero-order valence-corrected chi connectivity index (χ0v) is 24.8. The van der Waals surface area contributed by atoms with Crippen LogP contribution in [0.25, 0.3) is 0 Å². The van der Waals surface area contributed by atoms with Crippen LogP contribution in [-0.2, 0) is 20.9 Å². The first kappa shape index (κ1) is 30.2. The Hall–Kier alpha value is -3.76. The molecule has 0 saturated heterocycles. The van der Waals surface area contributed by atoms with Crippen LogP contribution in [-0.4, -0.2) is 64.3 Å². The van der Waals surface area contributed by atoms with Gasteiger partial charge in [-0.1, -0.05) is 39.0 Å². The third kappa shape index (κ3) is 5.58. The first-order chi connectivity index (χ1) is 19.1. The van der Waals surface area contributed by atoms with Crippen LogP contribution in [0.3, 0.4) is 0 Å². The lowest BCUT2D eigenvalue weighted by molar-refractivity contribution is -0.437. The van der Waals surface area contributed by atoms with Gasteiger partial charge < -0.3 is 19.7 Å². The number of rotatable bonds is 10. The molecule has 0 fully saturated rings. The van der Waals surface area contributed by atoms with E-state index in [2.05, 4.69) is 25.7 Å². The van der Waals surface area contributed by atoms with E-state index in [4.69, 9.17) is 0 Å². The largest absolute Gasteiger partial charge is 0.748 e. The zero-order chi connectivity index (χ0) is 30.3. The number of carbonyl (C=O) groups is 2. The highest BCUT2D eigenvalue weighted by molar-refractivity contribution is 7.85. The van der Waals surface area contributed by atoms with E-state index in [9.17, 15) is 32.8 Å². The van der Waals surface area contributed by atoms with Crippen molar-refractivity contribution in [2.75, 3.05) is 23.7 Å². The average molecular weight is 581 g/mol. The molecule has 0 radical (unpaired) electrons. The molecule has 0 bridgehead atoms. The number of nitrogens with zero attached hydrogens (tertiary/aromatic N) is 2. The molecule has 9 nitrogen and oxygen atoms in total. The topological polar surface area (TPSA) is 138 Å². The first-order valence-corrected chi connectivity index (χ1v) is 15.2. The molecule has 0 aliphatic carbocycles. The second kappa shape index (κ2) is 10.9. The average Bonchev–Trinajstić information content (AvgIpc) is 3.22. The molecule has 0 atom stereocenters. The molecule has 2 N–H and O–H groups in total. The van der Waals surface area contributed by atoms with Gasteiger partial charge in [0.15, 0.2) is 5.71 Å². The van der Waals surface area contributed by atoms with E-state index in [0.29, 0.717) is 17.8 Å². The quantitative estimate of drug-likeness (QED) is 0.294. The molecule has 0 unspecified atom stereocenters. The monoisotopic (exact) mass is 580 g/mol. The fourth-order valence-electron chi connectivity index (χ4n) is 6.15. The van der Waals surface area contributed by atoms with Crippen molar-refractivity contribution in [2.24, 2.45) is 0 Å². The summed E-state index contributed by atoms with van der Waals surface area (Å²) >= 11 is 0. The fourth-order valence-corrected chi connectivity index (χ4v) is 6.63. The Bertz CT molecular complexity index is 1610. The van der Waals surface area contributed by atoms with Crippen LogP contribution in [0, 0.1) is 0 Å².